The highest BCUT2D eigenvalue weighted by Gasteiger charge is 2.61. The predicted molar refractivity (Wildman–Crippen MR) is 165 cm³/mol. The van der Waals surface area contributed by atoms with E-state index in [-0.39, 0.29) is 0 Å². The second-order valence-corrected chi connectivity index (χ2v) is 13.2. The Kier molecular flexibility index (Phi) is 8.43. The summed E-state index contributed by atoms with van der Waals surface area (Å²) < 4.78 is 35.4. The van der Waals surface area contributed by atoms with Crippen LogP contribution < -0.4 is 11.2 Å². The van der Waals surface area contributed by atoms with Crippen LogP contribution in [0.5, 0.6) is 0 Å². The van der Waals surface area contributed by atoms with Crippen LogP contribution in [0.4, 0.5) is 4.39 Å². The van der Waals surface area contributed by atoms with E-state index in [1.54, 1.807) is 34.6 Å². The van der Waals surface area contributed by atoms with Gasteiger partial charge in [0.1, 0.15) is 34.2 Å². The Hall–Kier alpha value is -3.67. The third-order valence-electron chi connectivity index (χ3n) is 7.69. The Balaban J connectivity index is 1.68. The summed E-state index contributed by atoms with van der Waals surface area (Å²) in [5.74, 6) is -1.20. The molecule has 0 aliphatic carbocycles. The molecule has 229 valence electrons. The maximum atomic E-state index is 14.6. The van der Waals surface area contributed by atoms with Crippen molar-refractivity contribution in [3.05, 3.63) is 141 Å². The molecule has 3 radical (unpaired) electrons. The van der Waals surface area contributed by atoms with E-state index in [2.05, 4.69) is 10.2 Å². The molecule has 4 aromatic rings. The average molecular weight is 616 g/mol. The van der Waals surface area contributed by atoms with Gasteiger partial charge < -0.3 is 19.3 Å². The molecule has 0 unspecified atom stereocenters. The normalized spacial score (nSPS) is 22.7. The SMILES string of the molecule is CC(C)(C)O[C@@H]1[C@H](O)[C@@H](C(C)(C)OC(c2ccccc2)(c2ccccc2)c2ccccc2)O[C@@]1([Si])n1cc(F)c(=O)[nH]c1=O. The monoisotopic (exact) mass is 615 g/mol. The third kappa shape index (κ3) is 5.76. The summed E-state index contributed by atoms with van der Waals surface area (Å²) in [6.07, 6.45) is -3.03. The minimum atomic E-state index is -1.92. The first-order chi connectivity index (χ1) is 20.7. The van der Waals surface area contributed by atoms with Gasteiger partial charge in [-0.25, -0.2) is 4.79 Å². The van der Waals surface area contributed by atoms with Crippen molar-refractivity contribution < 1.29 is 23.7 Å². The van der Waals surface area contributed by atoms with Gasteiger partial charge in [0.05, 0.1) is 17.4 Å². The molecule has 0 spiro atoms. The minimum Gasteiger partial charge on any atom is -0.387 e. The van der Waals surface area contributed by atoms with Gasteiger partial charge in [0.2, 0.25) is 5.82 Å². The van der Waals surface area contributed by atoms with Crippen LogP contribution in [0.25, 0.3) is 0 Å². The van der Waals surface area contributed by atoms with Gasteiger partial charge in [0.15, 0.2) is 5.35 Å². The summed E-state index contributed by atoms with van der Waals surface area (Å²) >= 11 is 0. The second kappa shape index (κ2) is 11.7. The van der Waals surface area contributed by atoms with E-state index in [0.717, 1.165) is 27.5 Å². The first-order valence-electron chi connectivity index (χ1n) is 14.4. The van der Waals surface area contributed by atoms with E-state index in [9.17, 15) is 19.1 Å². The van der Waals surface area contributed by atoms with Gasteiger partial charge in [-0.1, -0.05) is 91.0 Å². The Morgan fingerprint density at radius 1 is 0.864 bits per heavy atom. The number of aliphatic hydroxyl groups excluding tert-OH is 1. The van der Waals surface area contributed by atoms with E-state index in [1.165, 1.54) is 0 Å². The van der Waals surface area contributed by atoms with Gasteiger partial charge in [-0.2, -0.15) is 4.39 Å². The second-order valence-electron chi connectivity index (χ2n) is 12.5. The Labute approximate surface area is 258 Å². The van der Waals surface area contributed by atoms with Crippen LogP contribution in [0.3, 0.4) is 0 Å². The first-order valence-corrected chi connectivity index (χ1v) is 14.9. The number of aliphatic hydroxyl groups is 1. The molecule has 10 heteroatoms. The fourth-order valence-corrected chi connectivity index (χ4v) is 6.36. The van der Waals surface area contributed by atoms with Gasteiger partial charge in [0.25, 0.3) is 5.56 Å². The molecule has 4 atom stereocenters. The quantitative estimate of drug-likeness (QED) is 0.228. The zero-order valence-corrected chi connectivity index (χ0v) is 26.3. The molecule has 2 N–H and O–H groups in total. The van der Waals surface area contributed by atoms with Gasteiger partial charge in [-0.05, 0) is 51.3 Å². The molecular formula is C34H36FN2O6Si. The number of hydrogen-bond donors (Lipinski definition) is 2. The summed E-state index contributed by atoms with van der Waals surface area (Å²) in [7, 11) is 3.55. The van der Waals surface area contributed by atoms with Crippen LogP contribution in [0, 0.1) is 5.82 Å². The highest BCUT2D eigenvalue weighted by atomic mass is 28.1. The zero-order chi connectivity index (χ0) is 31.9. The van der Waals surface area contributed by atoms with Crippen molar-refractivity contribution in [1.82, 2.24) is 9.55 Å². The van der Waals surface area contributed by atoms with E-state index < -0.39 is 57.5 Å². The maximum Gasteiger partial charge on any atom is 0.330 e. The van der Waals surface area contributed by atoms with Crippen LogP contribution in [0.15, 0.2) is 107 Å². The van der Waals surface area contributed by atoms with Gasteiger partial charge >= 0.3 is 5.69 Å². The topological polar surface area (TPSA) is 103 Å². The van der Waals surface area contributed by atoms with Crippen molar-refractivity contribution in [2.45, 2.75) is 75.1 Å². The minimum absolute atomic E-state index is 0.734. The van der Waals surface area contributed by atoms with Crippen molar-refractivity contribution in [3.8, 4) is 0 Å². The van der Waals surface area contributed by atoms with Crippen LogP contribution in [0.1, 0.15) is 51.3 Å². The van der Waals surface area contributed by atoms with Crippen LogP contribution >= 0.6 is 0 Å². The number of nitrogens with zero attached hydrogens (tertiary/aromatic N) is 1. The Morgan fingerprint density at radius 3 is 1.75 bits per heavy atom. The number of aromatic amines is 1. The molecule has 2 heterocycles. The fourth-order valence-electron chi connectivity index (χ4n) is 5.84. The Morgan fingerprint density at radius 2 is 1.32 bits per heavy atom. The summed E-state index contributed by atoms with van der Waals surface area (Å²) in [5, 5.41) is 10.0. The van der Waals surface area contributed by atoms with Gasteiger partial charge in [-0.3, -0.25) is 14.3 Å². The zero-order valence-electron chi connectivity index (χ0n) is 25.3. The van der Waals surface area contributed by atoms with E-state index >= 15 is 0 Å². The maximum absolute atomic E-state index is 14.6. The molecule has 44 heavy (non-hydrogen) atoms. The molecule has 1 fully saturated rings. The molecule has 1 saturated heterocycles. The number of ether oxygens (including phenoxy) is 3. The third-order valence-corrected chi connectivity index (χ3v) is 8.34. The fraction of sp³-hybridized carbons (Fsp3) is 0.353. The molecule has 8 nitrogen and oxygen atoms in total. The number of H-pyrrole nitrogens is 1. The average Bonchev–Trinajstić information content (AvgIpc) is 3.25. The standard InChI is InChI=1S/C34H36FN2O6Si/c1-31(2,3)41-28-26(38)27(42-34(28,44)37-21-25(35)29(39)36-30(37)40)32(4,5)43-33(22-15-9-6-10-16-22,23-17-11-7-12-18-23)24-19-13-8-14-20-24/h6-21,26-28,38H,1-5H3,(H,36,39,40)/t26-,27+,28-,34+/m1/s1. The summed E-state index contributed by atoms with van der Waals surface area (Å²) in [6.45, 7) is 8.91. The summed E-state index contributed by atoms with van der Waals surface area (Å²) in [4.78, 5) is 26.8. The molecule has 3 aromatic carbocycles. The summed E-state index contributed by atoms with van der Waals surface area (Å²) in [5.41, 5.74) is -2.90. The van der Waals surface area contributed by atoms with E-state index in [1.807, 2.05) is 96.0 Å². The number of nitrogens with one attached hydrogen (secondary N) is 1. The molecule has 0 bridgehead atoms. The van der Waals surface area contributed by atoms with E-state index in [0.29, 0.717) is 0 Å². The van der Waals surface area contributed by atoms with Gasteiger partial charge in [0, 0.05) is 0 Å². The molecular weight excluding hydrogens is 579 g/mol. The lowest BCUT2D eigenvalue weighted by atomic mass is 9.79. The molecule has 0 saturated carbocycles. The molecule has 1 aliphatic rings. The lowest BCUT2D eigenvalue weighted by Crippen LogP contribution is -2.55. The number of halogens is 1. The highest BCUT2D eigenvalue weighted by molar-refractivity contribution is 6.13. The van der Waals surface area contributed by atoms with Gasteiger partial charge in [-0.15, -0.1) is 0 Å². The lowest BCUT2D eigenvalue weighted by molar-refractivity contribution is -0.199. The van der Waals surface area contributed by atoms with Crippen molar-refractivity contribution >= 4 is 10.2 Å². The number of rotatable bonds is 8. The predicted octanol–water partition coefficient (Wildman–Crippen LogP) is 4.19. The summed E-state index contributed by atoms with van der Waals surface area (Å²) in [6, 6.07) is 29.2. The van der Waals surface area contributed by atoms with Crippen LogP contribution in [-0.2, 0) is 25.2 Å². The van der Waals surface area contributed by atoms with Crippen molar-refractivity contribution in [3.63, 3.8) is 0 Å². The number of hydrogen-bond acceptors (Lipinski definition) is 6. The van der Waals surface area contributed by atoms with Crippen LogP contribution in [0.2, 0.25) is 0 Å². The largest absolute Gasteiger partial charge is 0.387 e. The smallest absolute Gasteiger partial charge is 0.330 e. The lowest BCUT2D eigenvalue weighted by Gasteiger charge is -2.45. The van der Waals surface area contributed by atoms with Crippen molar-refractivity contribution in [2.75, 3.05) is 0 Å². The number of aromatic nitrogens is 2. The van der Waals surface area contributed by atoms with Crippen molar-refractivity contribution in [1.29, 1.82) is 0 Å². The highest BCUT2D eigenvalue weighted by Crippen LogP contribution is 2.48. The van der Waals surface area contributed by atoms with Crippen LogP contribution in [-0.4, -0.2) is 54.4 Å². The first kappa shape index (κ1) is 31.7. The molecule has 5 rings (SSSR count). The number of benzene rings is 3. The molecule has 0 amide bonds. The Bertz CT molecular complexity index is 1610. The molecule has 1 aromatic heterocycles. The van der Waals surface area contributed by atoms with Crippen molar-refractivity contribution in [2.24, 2.45) is 0 Å². The molecule has 1 aliphatic heterocycles. The van der Waals surface area contributed by atoms with E-state index in [4.69, 9.17) is 14.2 Å².